The number of amides is 1. The molecule has 0 aromatic heterocycles. The second-order valence-corrected chi connectivity index (χ2v) is 5.25. The van der Waals surface area contributed by atoms with Crippen LogP contribution in [0.4, 0.5) is 5.69 Å². The van der Waals surface area contributed by atoms with Crippen molar-refractivity contribution in [3.63, 3.8) is 0 Å². The fourth-order valence-electron chi connectivity index (χ4n) is 1.36. The Morgan fingerprint density at radius 3 is 2.56 bits per heavy atom. The maximum Gasteiger partial charge on any atom is 0.244 e. The van der Waals surface area contributed by atoms with Crippen LogP contribution in [0.15, 0.2) is 24.3 Å². The summed E-state index contributed by atoms with van der Waals surface area (Å²) in [4.78, 5) is 12.0. The minimum atomic E-state index is -0.548. The number of rotatable bonds is 4. The fraction of sp³-hybridized carbons (Fsp3) is 0.417. The number of benzene rings is 1. The molecule has 0 spiro atoms. The molecular weight excluding hydrogens is 315 g/mol. The largest absolute Gasteiger partial charge is 0.324 e. The van der Waals surface area contributed by atoms with Gasteiger partial charge >= 0.3 is 0 Å². The molecule has 0 bridgehead atoms. The molecule has 0 atom stereocenters. The molecule has 1 aromatic rings. The molecule has 4 heteroatoms. The van der Waals surface area contributed by atoms with Gasteiger partial charge in [-0.05, 0) is 55.1 Å². The van der Waals surface area contributed by atoms with Crippen LogP contribution in [-0.2, 0) is 4.79 Å². The van der Waals surface area contributed by atoms with Crippen molar-refractivity contribution in [2.75, 3.05) is 11.9 Å². The molecule has 0 fully saturated rings. The Bertz CT molecular complexity index is 377. The Hall–Kier alpha value is -0.620. The summed E-state index contributed by atoms with van der Waals surface area (Å²) in [6.07, 6.45) is 0. The average Bonchev–Trinajstić information content (AvgIpc) is 2.21. The predicted octanol–water partition coefficient (Wildman–Crippen LogP) is 2.62. The highest BCUT2D eigenvalue weighted by Crippen LogP contribution is 2.18. The first kappa shape index (κ1) is 13.4. The molecule has 0 aliphatic heterocycles. The van der Waals surface area contributed by atoms with E-state index in [0.717, 1.165) is 15.8 Å². The summed E-state index contributed by atoms with van der Waals surface area (Å²) < 4.78 is 1.04. The molecule has 2 N–H and O–H groups in total. The molecule has 3 nitrogen and oxygen atoms in total. The van der Waals surface area contributed by atoms with Crippen molar-refractivity contribution in [2.45, 2.75) is 26.3 Å². The molecular formula is C12H17IN2O. The molecule has 0 radical (unpaired) electrons. The van der Waals surface area contributed by atoms with Gasteiger partial charge in [-0.3, -0.25) is 4.79 Å². The Kier molecular flexibility index (Phi) is 4.73. The minimum absolute atomic E-state index is 0.0153. The third kappa shape index (κ3) is 3.45. The van der Waals surface area contributed by atoms with Crippen LogP contribution in [0.25, 0.3) is 0 Å². The SMILES string of the molecule is CCNC(C)(C)C(=O)Nc1ccccc1I. The lowest BCUT2D eigenvalue weighted by Gasteiger charge is -2.24. The molecule has 1 rings (SSSR count). The van der Waals surface area contributed by atoms with Crippen molar-refractivity contribution in [3.05, 3.63) is 27.8 Å². The smallest absolute Gasteiger partial charge is 0.244 e. The standard InChI is InChI=1S/C12H17IN2O/c1-4-14-12(2,3)11(16)15-10-8-6-5-7-9(10)13/h5-8,14H,4H2,1-3H3,(H,15,16). The number of nitrogens with one attached hydrogen (secondary N) is 2. The Balaban J connectivity index is 2.75. The van der Waals surface area contributed by atoms with E-state index in [1.54, 1.807) is 0 Å². The van der Waals surface area contributed by atoms with Gasteiger partial charge in [0.2, 0.25) is 5.91 Å². The van der Waals surface area contributed by atoms with Crippen molar-refractivity contribution in [2.24, 2.45) is 0 Å². The highest BCUT2D eigenvalue weighted by atomic mass is 127. The molecule has 0 saturated heterocycles. The molecule has 1 aromatic carbocycles. The van der Waals surface area contributed by atoms with Crippen LogP contribution in [0.1, 0.15) is 20.8 Å². The van der Waals surface area contributed by atoms with Crippen LogP contribution in [0, 0.1) is 3.57 Å². The van der Waals surface area contributed by atoms with Crippen LogP contribution in [0.2, 0.25) is 0 Å². The summed E-state index contributed by atoms with van der Waals surface area (Å²) in [7, 11) is 0. The van der Waals surface area contributed by atoms with Crippen molar-refractivity contribution in [1.29, 1.82) is 0 Å². The number of halogens is 1. The van der Waals surface area contributed by atoms with E-state index >= 15 is 0 Å². The van der Waals surface area contributed by atoms with Crippen molar-refractivity contribution >= 4 is 34.2 Å². The van der Waals surface area contributed by atoms with E-state index in [1.807, 2.05) is 45.0 Å². The third-order valence-electron chi connectivity index (χ3n) is 2.31. The van der Waals surface area contributed by atoms with Gasteiger partial charge in [-0.15, -0.1) is 0 Å². The Morgan fingerprint density at radius 2 is 2.00 bits per heavy atom. The molecule has 16 heavy (non-hydrogen) atoms. The van der Waals surface area contributed by atoms with E-state index in [0.29, 0.717) is 0 Å². The van der Waals surface area contributed by atoms with E-state index < -0.39 is 5.54 Å². The molecule has 0 unspecified atom stereocenters. The van der Waals surface area contributed by atoms with Crippen molar-refractivity contribution in [1.82, 2.24) is 5.32 Å². The number of hydrogen-bond donors (Lipinski definition) is 2. The topological polar surface area (TPSA) is 41.1 Å². The van der Waals surface area contributed by atoms with Gasteiger partial charge in [0, 0.05) is 3.57 Å². The lowest BCUT2D eigenvalue weighted by molar-refractivity contribution is -0.121. The number of hydrogen-bond acceptors (Lipinski definition) is 2. The van der Waals surface area contributed by atoms with E-state index in [9.17, 15) is 4.79 Å². The zero-order valence-electron chi connectivity index (χ0n) is 9.80. The Labute approximate surface area is 110 Å². The summed E-state index contributed by atoms with van der Waals surface area (Å²) in [6, 6.07) is 7.74. The van der Waals surface area contributed by atoms with E-state index in [-0.39, 0.29) is 5.91 Å². The number of likely N-dealkylation sites (N-methyl/N-ethyl adjacent to an activating group) is 1. The summed E-state index contributed by atoms with van der Waals surface area (Å²) >= 11 is 2.21. The molecule has 0 aliphatic rings. The van der Waals surface area contributed by atoms with Crippen molar-refractivity contribution < 1.29 is 4.79 Å². The maximum absolute atomic E-state index is 12.0. The second-order valence-electron chi connectivity index (χ2n) is 4.09. The summed E-state index contributed by atoms with van der Waals surface area (Å²) in [5, 5.41) is 6.07. The van der Waals surface area contributed by atoms with Gasteiger partial charge in [-0.25, -0.2) is 0 Å². The van der Waals surface area contributed by atoms with Gasteiger partial charge in [-0.2, -0.15) is 0 Å². The summed E-state index contributed by atoms with van der Waals surface area (Å²) in [5.41, 5.74) is 0.312. The monoisotopic (exact) mass is 332 g/mol. The number of carbonyl (C=O) groups excluding carboxylic acids is 1. The summed E-state index contributed by atoms with van der Waals surface area (Å²) in [5.74, 6) is -0.0153. The summed E-state index contributed by atoms with van der Waals surface area (Å²) in [6.45, 7) is 6.51. The highest BCUT2D eigenvalue weighted by molar-refractivity contribution is 14.1. The third-order valence-corrected chi connectivity index (χ3v) is 3.25. The molecule has 0 heterocycles. The fourth-order valence-corrected chi connectivity index (χ4v) is 1.89. The normalized spacial score (nSPS) is 11.2. The van der Waals surface area contributed by atoms with Gasteiger partial charge in [0.05, 0.1) is 11.2 Å². The van der Waals surface area contributed by atoms with Crippen LogP contribution in [0.5, 0.6) is 0 Å². The lowest BCUT2D eigenvalue weighted by Crippen LogP contribution is -2.49. The lowest BCUT2D eigenvalue weighted by atomic mass is 10.0. The minimum Gasteiger partial charge on any atom is -0.324 e. The van der Waals surface area contributed by atoms with E-state index in [4.69, 9.17) is 0 Å². The Morgan fingerprint density at radius 1 is 1.38 bits per heavy atom. The molecule has 88 valence electrons. The van der Waals surface area contributed by atoms with E-state index in [1.165, 1.54) is 0 Å². The van der Waals surface area contributed by atoms with Crippen LogP contribution in [0.3, 0.4) is 0 Å². The number of para-hydroxylation sites is 1. The van der Waals surface area contributed by atoms with Crippen LogP contribution in [-0.4, -0.2) is 18.0 Å². The van der Waals surface area contributed by atoms with Gasteiger partial charge in [0.1, 0.15) is 0 Å². The highest BCUT2D eigenvalue weighted by Gasteiger charge is 2.26. The van der Waals surface area contributed by atoms with Crippen LogP contribution < -0.4 is 10.6 Å². The van der Waals surface area contributed by atoms with Gasteiger partial charge < -0.3 is 10.6 Å². The molecule has 1 amide bonds. The maximum atomic E-state index is 12.0. The predicted molar refractivity (Wildman–Crippen MR) is 75.5 cm³/mol. The molecule has 0 saturated carbocycles. The first-order valence-corrected chi connectivity index (χ1v) is 6.36. The van der Waals surface area contributed by atoms with Gasteiger partial charge in [-0.1, -0.05) is 19.1 Å². The van der Waals surface area contributed by atoms with Crippen molar-refractivity contribution in [3.8, 4) is 0 Å². The number of carbonyl (C=O) groups is 1. The van der Waals surface area contributed by atoms with Crippen LogP contribution >= 0.6 is 22.6 Å². The first-order chi connectivity index (χ1) is 7.47. The van der Waals surface area contributed by atoms with E-state index in [2.05, 4.69) is 33.2 Å². The average molecular weight is 332 g/mol. The van der Waals surface area contributed by atoms with Gasteiger partial charge in [0.15, 0.2) is 0 Å². The number of anilines is 1. The van der Waals surface area contributed by atoms with Gasteiger partial charge in [0.25, 0.3) is 0 Å². The zero-order valence-corrected chi connectivity index (χ0v) is 12.0. The molecule has 0 aliphatic carbocycles. The first-order valence-electron chi connectivity index (χ1n) is 5.28. The second kappa shape index (κ2) is 5.63. The quantitative estimate of drug-likeness (QED) is 0.833. The zero-order chi connectivity index (χ0) is 12.2.